The summed E-state index contributed by atoms with van der Waals surface area (Å²) in [6.45, 7) is 0. The minimum Gasteiger partial charge on any atom is -0.550 e. The average Bonchev–Trinajstić information content (AvgIpc) is 2.46. The maximum atomic E-state index is 9.71. The van der Waals surface area contributed by atoms with Gasteiger partial charge in [-0.1, -0.05) is 0 Å². The summed E-state index contributed by atoms with van der Waals surface area (Å²) in [6.07, 6.45) is -2.12. The Morgan fingerprint density at radius 3 is 0.655 bits per heavy atom. The van der Waals surface area contributed by atoms with Gasteiger partial charge < -0.3 is 76.6 Å². The van der Waals surface area contributed by atoms with Gasteiger partial charge in [0.05, 0.1) is 17.9 Å². The molecule has 0 aliphatic carbocycles. The van der Waals surface area contributed by atoms with E-state index in [1.165, 1.54) is 0 Å². The Hall–Kier alpha value is -2.26. The summed E-state index contributed by atoms with van der Waals surface area (Å²) in [4.78, 5) is 58.0. The first-order valence-corrected chi connectivity index (χ1v) is 6.60. The fourth-order valence-corrected chi connectivity index (χ4v) is 0.789. The molecular formula is C12H15Fe2N3O12. The van der Waals surface area contributed by atoms with Crippen molar-refractivity contribution in [1.29, 1.82) is 0 Å². The third kappa shape index (κ3) is 30.7. The van der Waals surface area contributed by atoms with Gasteiger partial charge in [0.2, 0.25) is 0 Å². The molecule has 0 spiro atoms. The minimum absolute atomic E-state index is 0. The molecule has 0 fully saturated rings. The Bertz CT molecular complexity index is 484. The van der Waals surface area contributed by atoms with Crippen LogP contribution in [0.5, 0.6) is 0 Å². The Balaban J connectivity index is -0.0000000960. The molecule has 29 heavy (non-hydrogen) atoms. The summed E-state index contributed by atoms with van der Waals surface area (Å²) in [5.41, 5.74) is 14.2. The SMILES string of the molecule is NC(CC(=O)[O-])C(=O)[O-].NC(CC(=O)[O-])C(=O)[O-].NC(CC(=O)[O-])C(=O)[O-].[Fe+3].[Fe+3]. The van der Waals surface area contributed by atoms with Crippen LogP contribution in [0.1, 0.15) is 19.3 Å². The zero-order valence-corrected chi connectivity index (χ0v) is 16.4. The van der Waals surface area contributed by atoms with Crippen LogP contribution in [0.3, 0.4) is 0 Å². The van der Waals surface area contributed by atoms with Crippen LogP contribution in [0.4, 0.5) is 0 Å². The van der Waals surface area contributed by atoms with E-state index in [9.17, 15) is 59.4 Å². The molecule has 166 valence electrons. The van der Waals surface area contributed by atoms with Crippen molar-refractivity contribution in [2.45, 2.75) is 37.4 Å². The van der Waals surface area contributed by atoms with Crippen LogP contribution in [0.15, 0.2) is 0 Å². The van der Waals surface area contributed by atoms with Crippen LogP contribution in [-0.2, 0) is 62.9 Å². The van der Waals surface area contributed by atoms with Gasteiger partial charge in [-0.05, 0) is 0 Å². The van der Waals surface area contributed by atoms with E-state index in [2.05, 4.69) is 0 Å². The van der Waals surface area contributed by atoms with Gasteiger partial charge in [0.1, 0.15) is 0 Å². The van der Waals surface area contributed by atoms with Crippen LogP contribution >= 0.6 is 0 Å². The summed E-state index contributed by atoms with van der Waals surface area (Å²) in [6, 6.07) is -4.39. The maximum absolute atomic E-state index is 9.71. The van der Waals surface area contributed by atoms with Gasteiger partial charge in [-0.2, -0.15) is 0 Å². The number of carbonyl (C=O) groups is 6. The van der Waals surface area contributed by atoms with Crippen molar-refractivity contribution in [1.82, 2.24) is 0 Å². The van der Waals surface area contributed by atoms with Crippen LogP contribution in [0.25, 0.3) is 0 Å². The molecule has 3 unspecified atom stereocenters. The molecule has 0 aliphatic rings. The molecule has 0 aliphatic heterocycles. The van der Waals surface area contributed by atoms with Gasteiger partial charge in [-0.3, -0.25) is 0 Å². The molecule has 0 rings (SSSR count). The van der Waals surface area contributed by atoms with E-state index in [0.717, 1.165) is 0 Å². The molecule has 3 atom stereocenters. The third-order valence-electron chi connectivity index (χ3n) is 2.07. The molecule has 17 heteroatoms. The van der Waals surface area contributed by atoms with Crippen LogP contribution in [0.2, 0.25) is 0 Å². The number of rotatable bonds is 9. The van der Waals surface area contributed by atoms with E-state index >= 15 is 0 Å². The fraction of sp³-hybridized carbons (Fsp3) is 0.500. The van der Waals surface area contributed by atoms with Crippen molar-refractivity contribution < 1.29 is 93.5 Å². The molecule has 15 nitrogen and oxygen atoms in total. The largest absolute Gasteiger partial charge is 3.00 e. The normalized spacial score (nSPS) is 11.7. The Morgan fingerprint density at radius 2 is 0.621 bits per heavy atom. The number of carboxylic acid groups (broad SMARTS) is 6. The number of nitrogens with two attached hydrogens (primary N) is 3. The van der Waals surface area contributed by atoms with E-state index < -0.39 is 73.2 Å². The molecule has 0 saturated carbocycles. The van der Waals surface area contributed by atoms with Crippen LogP contribution in [0, 0.1) is 0 Å². The number of carbonyl (C=O) groups excluding carboxylic acids is 6. The first-order valence-electron chi connectivity index (χ1n) is 6.60. The predicted octanol–water partition coefficient (Wildman–Crippen LogP) is -11.4. The van der Waals surface area contributed by atoms with Crippen LogP contribution < -0.4 is 47.8 Å². The molecule has 6 N–H and O–H groups in total. The fourth-order valence-electron chi connectivity index (χ4n) is 0.789. The standard InChI is InChI=1S/3C4H7NO4.2Fe/c3*5-2(4(8)9)1-3(6)7;;/h3*2H,1,5H2,(H,6,7)(H,8,9);;/q;;;2*+3/p-6. The molecule has 0 amide bonds. The molecular weight excluding hydrogens is 490 g/mol. The second-order valence-corrected chi connectivity index (χ2v) is 4.50. The summed E-state index contributed by atoms with van der Waals surface area (Å²) < 4.78 is 0. The van der Waals surface area contributed by atoms with Gasteiger partial charge in [-0.25, -0.2) is 0 Å². The van der Waals surface area contributed by atoms with Gasteiger partial charge in [0, 0.05) is 55.3 Å². The zero-order valence-electron chi connectivity index (χ0n) is 14.2. The van der Waals surface area contributed by atoms with Gasteiger partial charge in [0.25, 0.3) is 0 Å². The molecule has 0 aromatic carbocycles. The van der Waals surface area contributed by atoms with E-state index in [0.29, 0.717) is 0 Å². The topological polar surface area (TPSA) is 319 Å². The molecule has 0 heterocycles. The smallest absolute Gasteiger partial charge is 0.550 e. The van der Waals surface area contributed by atoms with E-state index in [4.69, 9.17) is 17.2 Å². The predicted molar refractivity (Wildman–Crippen MR) is 67.8 cm³/mol. The number of hydrogen-bond acceptors (Lipinski definition) is 15. The third-order valence-corrected chi connectivity index (χ3v) is 2.07. The number of hydrogen-bond donors (Lipinski definition) is 3. The number of aliphatic carboxylic acids is 6. The Morgan fingerprint density at radius 1 is 0.483 bits per heavy atom. The maximum Gasteiger partial charge on any atom is 3.00 e. The quantitative estimate of drug-likeness (QED) is 0.245. The van der Waals surface area contributed by atoms with Gasteiger partial charge in [0.15, 0.2) is 0 Å². The van der Waals surface area contributed by atoms with Crippen molar-refractivity contribution in [3.8, 4) is 0 Å². The van der Waals surface area contributed by atoms with Crippen molar-refractivity contribution >= 4 is 35.8 Å². The summed E-state index contributed by atoms with van der Waals surface area (Å²) >= 11 is 0. The van der Waals surface area contributed by atoms with Crippen molar-refractivity contribution in [2.75, 3.05) is 0 Å². The minimum atomic E-state index is -1.58. The van der Waals surface area contributed by atoms with E-state index in [-0.39, 0.29) is 34.1 Å². The van der Waals surface area contributed by atoms with Crippen molar-refractivity contribution in [3.63, 3.8) is 0 Å². The molecule has 2 radical (unpaired) electrons. The first-order chi connectivity index (χ1) is 12.1. The summed E-state index contributed by atoms with van der Waals surface area (Å²) in [5.74, 6) is -9.23. The monoisotopic (exact) mass is 505 g/mol. The Labute approximate surface area is 184 Å². The van der Waals surface area contributed by atoms with Crippen molar-refractivity contribution in [3.05, 3.63) is 0 Å². The molecule has 0 saturated heterocycles. The summed E-state index contributed by atoms with van der Waals surface area (Å²) in [5, 5.41) is 58.0. The van der Waals surface area contributed by atoms with E-state index in [1.807, 2.05) is 0 Å². The van der Waals surface area contributed by atoms with Gasteiger partial charge >= 0.3 is 34.1 Å². The molecule has 0 aromatic rings. The summed E-state index contributed by atoms with van der Waals surface area (Å²) in [7, 11) is 0. The first kappa shape index (κ1) is 37.5. The van der Waals surface area contributed by atoms with Gasteiger partial charge in [-0.15, -0.1) is 0 Å². The average molecular weight is 505 g/mol. The van der Waals surface area contributed by atoms with Crippen LogP contribution in [-0.4, -0.2) is 53.9 Å². The zero-order chi connectivity index (χ0) is 22.3. The van der Waals surface area contributed by atoms with E-state index in [1.54, 1.807) is 0 Å². The second kappa shape index (κ2) is 20.5. The molecule has 0 aromatic heterocycles. The van der Waals surface area contributed by atoms with Crippen molar-refractivity contribution in [2.24, 2.45) is 17.2 Å². The Kier molecular flexibility index (Phi) is 26.5. The number of carboxylic acids is 6. The molecule has 0 bridgehead atoms. The second-order valence-electron chi connectivity index (χ2n) is 4.50.